The average Bonchev–Trinajstić information content (AvgIpc) is 2.96. The highest BCUT2D eigenvalue weighted by Crippen LogP contribution is 2.32. The van der Waals surface area contributed by atoms with Crippen LogP contribution in [0.2, 0.25) is 5.02 Å². The minimum atomic E-state index is 0. The van der Waals surface area contributed by atoms with Gasteiger partial charge in [-0.05, 0) is 43.5 Å². The zero-order chi connectivity index (χ0) is 17.3. The Labute approximate surface area is 170 Å². The van der Waals surface area contributed by atoms with E-state index in [1.165, 1.54) is 43.4 Å². The number of halogens is 2. The van der Waals surface area contributed by atoms with Crippen LogP contribution in [0.3, 0.4) is 0 Å². The Balaban J connectivity index is 0.00000196. The van der Waals surface area contributed by atoms with Crippen molar-refractivity contribution in [2.24, 2.45) is 0 Å². The summed E-state index contributed by atoms with van der Waals surface area (Å²) >= 11 is 6.05. The van der Waals surface area contributed by atoms with E-state index in [0.717, 1.165) is 40.7 Å². The number of piperidine rings is 1. The molecule has 3 aromatic rings. The van der Waals surface area contributed by atoms with Crippen molar-refractivity contribution >= 4 is 33.5 Å². The van der Waals surface area contributed by atoms with Crippen LogP contribution in [-0.2, 0) is 0 Å². The molecule has 1 aromatic heterocycles. The number of nitrogens with zero attached hydrogens (tertiary/aromatic N) is 1. The summed E-state index contributed by atoms with van der Waals surface area (Å²) in [7, 11) is 2.38. The van der Waals surface area contributed by atoms with Crippen molar-refractivity contribution in [3.63, 3.8) is 0 Å². The van der Waals surface area contributed by atoms with Gasteiger partial charge in [-0.25, -0.2) is 0 Å². The molecule has 0 N–H and O–H groups in total. The van der Waals surface area contributed by atoms with Crippen LogP contribution >= 0.6 is 11.6 Å². The Morgan fingerprint density at radius 3 is 2.46 bits per heavy atom. The van der Waals surface area contributed by atoms with Gasteiger partial charge in [-0.2, -0.15) is 0 Å². The molecule has 4 rings (SSSR count). The van der Waals surface area contributed by atoms with Crippen molar-refractivity contribution < 1.29 is 30.6 Å². The Kier molecular flexibility index (Phi) is 6.16. The maximum Gasteiger partial charge on any atom is 0.139 e. The highest BCUT2D eigenvalue weighted by Gasteiger charge is 2.23. The van der Waals surface area contributed by atoms with E-state index >= 15 is 0 Å². The van der Waals surface area contributed by atoms with Crippen LogP contribution in [0, 0.1) is 0 Å². The van der Waals surface area contributed by atoms with Crippen molar-refractivity contribution in [1.29, 1.82) is 0 Å². The van der Waals surface area contributed by atoms with Gasteiger partial charge in [0.05, 0.1) is 33.3 Å². The van der Waals surface area contributed by atoms with Gasteiger partial charge >= 0.3 is 0 Å². The van der Waals surface area contributed by atoms with E-state index in [2.05, 4.69) is 13.1 Å². The standard InChI is InChI=1S/C21H25ClNO2.BrH/c1-23(10-3-2-4-11-23)12-5-13-24-17-7-9-19-18-8-6-16(22)14-20(18)25-21(19)15-17;/h6-9,14-15H,2-5,10-13H2,1H3;1H/q+1;/p-1. The van der Waals surface area contributed by atoms with Gasteiger partial charge in [-0.15, -0.1) is 0 Å². The van der Waals surface area contributed by atoms with Crippen LogP contribution in [0.25, 0.3) is 21.9 Å². The van der Waals surface area contributed by atoms with Crippen molar-refractivity contribution in [2.75, 3.05) is 33.3 Å². The molecule has 1 aliphatic rings. The fourth-order valence-corrected chi connectivity index (χ4v) is 4.12. The molecule has 2 aromatic carbocycles. The number of fused-ring (bicyclic) bond motifs is 3. The zero-order valence-corrected chi connectivity index (χ0v) is 17.5. The fourth-order valence-electron chi connectivity index (χ4n) is 3.96. The summed E-state index contributed by atoms with van der Waals surface area (Å²) in [5.41, 5.74) is 1.67. The lowest BCUT2D eigenvalue weighted by Gasteiger charge is -2.37. The molecule has 2 heterocycles. The average molecular weight is 439 g/mol. The highest BCUT2D eigenvalue weighted by molar-refractivity contribution is 6.31. The molecule has 1 fully saturated rings. The van der Waals surface area contributed by atoms with Crippen molar-refractivity contribution in [1.82, 2.24) is 0 Å². The first-order chi connectivity index (χ1) is 12.1. The number of ether oxygens (including phenoxy) is 1. The molecule has 0 bridgehead atoms. The summed E-state index contributed by atoms with van der Waals surface area (Å²) < 4.78 is 13.1. The molecular formula is C21H25BrClNO2. The summed E-state index contributed by atoms with van der Waals surface area (Å²) in [4.78, 5) is 0. The lowest BCUT2D eigenvalue weighted by Crippen LogP contribution is -3.00. The SMILES string of the molecule is C[N+]1(CCCOc2ccc3c(c2)oc2cc(Cl)ccc23)CCCCC1.[Br-]. The normalized spacial score (nSPS) is 16.5. The maximum absolute atomic E-state index is 6.05. The molecule has 1 saturated heterocycles. The second-order valence-corrected chi connectivity index (χ2v) is 7.89. The molecule has 0 aliphatic carbocycles. The third-order valence-electron chi connectivity index (χ3n) is 5.41. The lowest BCUT2D eigenvalue weighted by atomic mass is 10.1. The second kappa shape index (κ2) is 8.20. The van der Waals surface area contributed by atoms with Crippen molar-refractivity contribution in [2.45, 2.75) is 25.7 Å². The summed E-state index contributed by atoms with van der Waals surface area (Å²) in [5.74, 6) is 0.874. The van der Waals surface area contributed by atoms with E-state index in [1.54, 1.807) is 0 Å². The molecule has 0 spiro atoms. The van der Waals surface area contributed by atoms with Gasteiger partial charge in [-0.3, -0.25) is 0 Å². The largest absolute Gasteiger partial charge is 1.00 e. The van der Waals surface area contributed by atoms with Gasteiger partial charge in [0, 0.05) is 34.3 Å². The number of rotatable bonds is 5. The Hall–Kier alpha value is -1.23. The molecule has 5 heteroatoms. The minimum absolute atomic E-state index is 0. The molecule has 0 unspecified atom stereocenters. The van der Waals surface area contributed by atoms with Crippen LogP contribution < -0.4 is 21.7 Å². The summed E-state index contributed by atoms with van der Waals surface area (Å²) in [6.45, 7) is 4.58. The molecule has 140 valence electrons. The van der Waals surface area contributed by atoms with Crippen LogP contribution in [0.5, 0.6) is 5.75 Å². The Morgan fingerprint density at radius 2 is 1.69 bits per heavy atom. The van der Waals surface area contributed by atoms with Crippen LogP contribution in [0.1, 0.15) is 25.7 Å². The Morgan fingerprint density at radius 1 is 1.00 bits per heavy atom. The first-order valence-electron chi connectivity index (χ1n) is 9.21. The van der Waals surface area contributed by atoms with Gasteiger partial charge in [0.15, 0.2) is 0 Å². The van der Waals surface area contributed by atoms with Gasteiger partial charge < -0.3 is 30.6 Å². The topological polar surface area (TPSA) is 22.4 Å². The summed E-state index contributed by atoms with van der Waals surface area (Å²) in [6.07, 6.45) is 5.21. The molecule has 26 heavy (non-hydrogen) atoms. The van der Waals surface area contributed by atoms with Crippen molar-refractivity contribution in [3.05, 3.63) is 41.4 Å². The third-order valence-corrected chi connectivity index (χ3v) is 5.65. The number of quaternary nitrogens is 1. The smallest absolute Gasteiger partial charge is 0.139 e. The molecule has 3 nitrogen and oxygen atoms in total. The number of hydrogen-bond acceptors (Lipinski definition) is 2. The number of hydrogen-bond donors (Lipinski definition) is 0. The number of benzene rings is 2. The van der Waals surface area contributed by atoms with Crippen LogP contribution in [0.15, 0.2) is 40.8 Å². The van der Waals surface area contributed by atoms with E-state index in [1.807, 2.05) is 30.3 Å². The molecule has 1 aliphatic heterocycles. The van der Waals surface area contributed by atoms with Gasteiger partial charge in [0.2, 0.25) is 0 Å². The number of furan rings is 1. The van der Waals surface area contributed by atoms with E-state index < -0.39 is 0 Å². The number of likely N-dealkylation sites (tertiary alicyclic amines) is 1. The van der Waals surface area contributed by atoms with Crippen LogP contribution in [0.4, 0.5) is 0 Å². The second-order valence-electron chi connectivity index (χ2n) is 7.45. The summed E-state index contributed by atoms with van der Waals surface area (Å²) in [5, 5.41) is 2.89. The third kappa shape index (κ3) is 4.19. The predicted octanol–water partition coefficient (Wildman–Crippen LogP) is 2.64. The van der Waals surface area contributed by atoms with Gasteiger partial charge in [0.25, 0.3) is 0 Å². The molecular weight excluding hydrogens is 414 g/mol. The lowest BCUT2D eigenvalue weighted by molar-refractivity contribution is -0.914. The van der Waals surface area contributed by atoms with Crippen LogP contribution in [-0.4, -0.2) is 37.8 Å². The molecule has 0 atom stereocenters. The van der Waals surface area contributed by atoms with E-state index in [-0.39, 0.29) is 17.0 Å². The van der Waals surface area contributed by atoms with Crippen molar-refractivity contribution in [3.8, 4) is 5.75 Å². The quantitative estimate of drug-likeness (QED) is 0.451. The highest BCUT2D eigenvalue weighted by atomic mass is 79.9. The molecule has 0 radical (unpaired) electrons. The molecule has 0 amide bonds. The minimum Gasteiger partial charge on any atom is -1.00 e. The zero-order valence-electron chi connectivity index (χ0n) is 15.1. The van der Waals surface area contributed by atoms with E-state index in [4.69, 9.17) is 20.8 Å². The van der Waals surface area contributed by atoms with Gasteiger partial charge in [-0.1, -0.05) is 11.6 Å². The first-order valence-corrected chi connectivity index (χ1v) is 9.59. The summed E-state index contributed by atoms with van der Waals surface area (Å²) in [6, 6.07) is 11.9. The maximum atomic E-state index is 6.05. The monoisotopic (exact) mass is 437 g/mol. The van der Waals surface area contributed by atoms with E-state index in [9.17, 15) is 0 Å². The Bertz CT molecular complexity index is 886. The van der Waals surface area contributed by atoms with Gasteiger partial charge in [0.1, 0.15) is 16.9 Å². The van der Waals surface area contributed by atoms with E-state index in [0.29, 0.717) is 5.02 Å². The fraction of sp³-hybridized carbons (Fsp3) is 0.429. The first kappa shape index (κ1) is 19.5. The molecule has 0 saturated carbocycles. The predicted molar refractivity (Wildman–Crippen MR) is 103 cm³/mol.